The Balaban J connectivity index is 3.02. The third-order valence-corrected chi connectivity index (χ3v) is 2.45. The lowest BCUT2D eigenvalue weighted by Crippen LogP contribution is -2.11. The molecule has 0 radical (unpaired) electrons. The number of halogens is 2. The van der Waals surface area contributed by atoms with Crippen molar-refractivity contribution < 1.29 is 4.74 Å². The highest BCUT2D eigenvalue weighted by Crippen LogP contribution is 2.31. The van der Waals surface area contributed by atoms with E-state index in [-0.39, 0.29) is 0 Å². The van der Waals surface area contributed by atoms with Crippen molar-refractivity contribution in [3.05, 3.63) is 27.7 Å². The van der Waals surface area contributed by atoms with Crippen molar-refractivity contribution in [2.75, 3.05) is 21.2 Å². The highest BCUT2D eigenvalue weighted by Gasteiger charge is 2.07. The van der Waals surface area contributed by atoms with Gasteiger partial charge in [-0.15, -0.1) is 0 Å². The van der Waals surface area contributed by atoms with E-state index >= 15 is 0 Å². The van der Waals surface area contributed by atoms with E-state index in [1.54, 1.807) is 13.2 Å². The van der Waals surface area contributed by atoms with Crippen molar-refractivity contribution in [2.45, 2.75) is 6.54 Å². The summed E-state index contributed by atoms with van der Waals surface area (Å²) in [7, 11) is 5.53. The van der Waals surface area contributed by atoms with E-state index in [1.165, 1.54) is 0 Å². The van der Waals surface area contributed by atoms with Gasteiger partial charge in [-0.05, 0) is 25.7 Å². The Labute approximate surface area is 94.4 Å². The second-order valence-corrected chi connectivity index (χ2v) is 4.13. The van der Waals surface area contributed by atoms with Crippen molar-refractivity contribution in [1.29, 1.82) is 0 Å². The minimum absolute atomic E-state index is 0.591. The smallest absolute Gasteiger partial charge is 0.138 e. The SMILES string of the molecule is COc1cc(Cl)c(CN(C)C)cc1Cl. The highest BCUT2D eigenvalue weighted by atomic mass is 35.5. The van der Waals surface area contributed by atoms with Crippen molar-refractivity contribution in [1.82, 2.24) is 4.90 Å². The van der Waals surface area contributed by atoms with Crippen LogP contribution in [0.1, 0.15) is 5.56 Å². The summed E-state index contributed by atoms with van der Waals surface area (Å²) in [6.07, 6.45) is 0. The molecule has 4 heteroatoms. The summed E-state index contributed by atoms with van der Waals surface area (Å²) >= 11 is 12.0. The molecule has 1 aromatic rings. The molecule has 0 saturated heterocycles. The van der Waals surface area contributed by atoms with E-state index in [4.69, 9.17) is 27.9 Å². The molecular weight excluding hydrogens is 221 g/mol. The summed E-state index contributed by atoms with van der Waals surface area (Å²) in [5.41, 5.74) is 1.00. The first-order valence-corrected chi connectivity index (χ1v) is 4.97. The molecule has 2 nitrogen and oxygen atoms in total. The van der Waals surface area contributed by atoms with Crippen molar-refractivity contribution in [2.24, 2.45) is 0 Å². The molecule has 0 heterocycles. The summed E-state index contributed by atoms with van der Waals surface area (Å²) in [6, 6.07) is 3.57. The zero-order chi connectivity index (χ0) is 10.7. The van der Waals surface area contributed by atoms with Crippen molar-refractivity contribution in [3.8, 4) is 5.75 Å². The number of methoxy groups -OCH3 is 1. The highest BCUT2D eigenvalue weighted by molar-refractivity contribution is 6.34. The van der Waals surface area contributed by atoms with Crippen LogP contribution < -0.4 is 4.74 Å². The molecule has 0 aliphatic rings. The fourth-order valence-corrected chi connectivity index (χ4v) is 1.66. The van der Waals surface area contributed by atoms with Crippen LogP contribution in [0.25, 0.3) is 0 Å². The normalized spacial score (nSPS) is 10.7. The van der Waals surface area contributed by atoms with Gasteiger partial charge in [0.15, 0.2) is 0 Å². The number of hydrogen-bond acceptors (Lipinski definition) is 2. The maximum Gasteiger partial charge on any atom is 0.138 e. The van der Waals surface area contributed by atoms with Gasteiger partial charge in [-0.2, -0.15) is 0 Å². The van der Waals surface area contributed by atoms with E-state index in [2.05, 4.69) is 0 Å². The fourth-order valence-electron chi connectivity index (χ4n) is 1.19. The Hall–Kier alpha value is -0.440. The summed E-state index contributed by atoms with van der Waals surface area (Å²) in [6.45, 7) is 0.766. The van der Waals surface area contributed by atoms with Gasteiger partial charge in [-0.25, -0.2) is 0 Å². The van der Waals surface area contributed by atoms with E-state index in [0.717, 1.165) is 12.1 Å². The molecular formula is C10H13Cl2NO. The number of ether oxygens (including phenoxy) is 1. The maximum absolute atomic E-state index is 6.06. The molecule has 1 rings (SSSR count). The standard InChI is InChI=1S/C10H13Cl2NO/c1-13(2)6-7-4-9(12)10(14-3)5-8(7)11/h4-5H,6H2,1-3H3. The topological polar surface area (TPSA) is 12.5 Å². The number of hydrogen-bond donors (Lipinski definition) is 0. The van der Waals surface area contributed by atoms with Gasteiger partial charge in [-0.1, -0.05) is 23.2 Å². The van der Waals surface area contributed by atoms with Gasteiger partial charge in [-0.3, -0.25) is 0 Å². The summed E-state index contributed by atoms with van der Waals surface area (Å²) in [5, 5.41) is 1.27. The van der Waals surface area contributed by atoms with Crippen molar-refractivity contribution in [3.63, 3.8) is 0 Å². The molecule has 0 aliphatic heterocycles. The molecule has 0 spiro atoms. The van der Waals surface area contributed by atoms with Gasteiger partial charge in [0.1, 0.15) is 5.75 Å². The Morgan fingerprint density at radius 1 is 1.21 bits per heavy atom. The lowest BCUT2D eigenvalue weighted by Gasteiger charge is -2.13. The number of benzene rings is 1. The first-order chi connectivity index (χ1) is 6.54. The molecule has 0 bridgehead atoms. The molecule has 0 N–H and O–H groups in total. The van der Waals surface area contributed by atoms with E-state index in [0.29, 0.717) is 15.8 Å². The predicted octanol–water partition coefficient (Wildman–Crippen LogP) is 3.06. The van der Waals surface area contributed by atoms with Crippen LogP contribution in [0.4, 0.5) is 0 Å². The van der Waals surface area contributed by atoms with Crippen LogP contribution in [0.5, 0.6) is 5.75 Å². The Morgan fingerprint density at radius 2 is 1.86 bits per heavy atom. The Morgan fingerprint density at radius 3 is 2.36 bits per heavy atom. The monoisotopic (exact) mass is 233 g/mol. The predicted molar refractivity (Wildman–Crippen MR) is 60.4 cm³/mol. The first kappa shape index (κ1) is 11.6. The van der Waals surface area contributed by atoms with Crippen LogP contribution in [-0.2, 0) is 6.54 Å². The molecule has 0 fully saturated rings. The van der Waals surface area contributed by atoms with Crippen LogP contribution in [0, 0.1) is 0 Å². The Bertz CT molecular complexity index is 326. The minimum Gasteiger partial charge on any atom is -0.495 e. The maximum atomic E-state index is 6.06. The van der Waals surface area contributed by atoms with Gasteiger partial charge in [0, 0.05) is 17.6 Å². The fraction of sp³-hybridized carbons (Fsp3) is 0.400. The molecule has 1 aromatic carbocycles. The lowest BCUT2D eigenvalue weighted by molar-refractivity contribution is 0.400. The van der Waals surface area contributed by atoms with Crippen molar-refractivity contribution >= 4 is 23.2 Å². The van der Waals surface area contributed by atoms with Crippen LogP contribution in [0.3, 0.4) is 0 Å². The van der Waals surface area contributed by atoms with Crippen LogP contribution in [0.15, 0.2) is 12.1 Å². The van der Waals surface area contributed by atoms with E-state index in [1.807, 2.05) is 25.1 Å². The zero-order valence-electron chi connectivity index (χ0n) is 8.47. The molecule has 0 aliphatic carbocycles. The molecule has 14 heavy (non-hydrogen) atoms. The minimum atomic E-state index is 0.591. The third-order valence-electron chi connectivity index (χ3n) is 1.81. The second kappa shape index (κ2) is 4.87. The van der Waals surface area contributed by atoms with Gasteiger partial charge in [0.05, 0.1) is 12.1 Å². The van der Waals surface area contributed by atoms with Gasteiger partial charge in [0.2, 0.25) is 0 Å². The zero-order valence-corrected chi connectivity index (χ0v) is 9.99. The second-order valence-electron chi connectivity index (χ2n) is 3.32. The molecule has 0 aromatic heterocycles. The molecule has 78 valence electrons. The van der Waals surface area contributed by atoms with Gasteiger partial charge < -0.3 is 9.64 Å². The first-order valence-electron chi connectivity index (χ1n) is 4.21. The summed E-state index contributed by atoms with van der Waals surface area (Å²) in [5.74, 6) is 0.610. The van der Waals surface area contributed by atoms with Crippen LogP contribution >= 0.6 is 23.2 Å². The van der Waals surface area contributed by atoms with Crippen LogP contribution in [0.2, 0.25) is 10.0 Å². The quantitative estimate of drug-likeness (QED) is 0.796. The molecule has 0 saturated carbocycles. The average Bonchev–Trinajstić information content (AvgIpc) is 2.10. The summed E-state index contributed by atoms with van der Waals surface area (Å²) < 4.78 is 5.06. The number of rotatable bonds is 3. The van der Waals surface area contributed by atoms with E-state index in [9.17, 15) is 0 Å². The average molecular weight is 234 g/mol. The largest absolute Gasteiger partial charge is 0.495 e. The van der Waals surface area contributed by atoms with Gasteiger partial charge in [0.25, 0.3) is 0 Å². The molecule has 0 atom stereocenters. The lowest BCUT2D eigenvalue weighted by atomic mass is 10.2. The molecule has 0 unspecified atom stereocenters. The Kier molecular flexibility index (Phi) is 4.05. The number of nitrogens with zero attached hydrogens (tertiary/aromatic N) is 1. The van der Waals surface area contributed by atoms with E-state index < -0.39 is 0 Å². The van der Waals surface area contributed by atoms with Gasteiger partial charge >= 0.3 is 0 Å². The molecule has 0 amide bonds. The summed E-state index contributed by atoms with van der Waals surface area (Å²) in [4.78, 5) is 2.03. The third kappa shape index (κ3) is 2.77. The van der Waals surface area contributed by atoms with Crippen LogP contribution in [-0.4, -0.2) is 26.1 Å².